The van der Waals surface area contributed by atoms with E-state index in [4.69, 9.17) is 14.6 Å². The zero-order valence-electron chi connectivity index (χ0n) is 22.3. The largest absolute Gasteiger partial charge is 0.495 e. The van der Waals surface area contributed by atoms with E-state index < -0.39 is 12.0 Å². The zero-order chi connectivity index (χ0) is 27.9. The van der Waals surface area contributed by atoms with Gasteiger partial charge in [0.25, 0.3) is 0 Å². The summed E-state index contributed by atoms with van der Waals surface area (Å²) in [5.74, 6) is 0.346. The molecule has 1 saturated heterocycles. The summed E-state index contributed by atoms with van der Waals surface area (Å²) < 4.78 is 11.4. The Labute approximate surface area is 227 Å². The van der Waals surface area contributed by atoms with Crippen LogP contribution in [0.3, 0.4) is 0 Å². The average Bonchev–Trinajstić information content (AvgIpc) is 3.30. The third-order valence-electron chi connectivity index (χ3n) is 6.75. The van der Waals surface area contributed by atoms with Gasteiger partial charge in [0, 0.05) is 12.2 Å². The van der Waals surface area contributed by atoms with Crippen LogP contribution in [0.1, 0.15) is 34.8 Å². The molecule has 1 fully saturated rings. The van der Waals surface area contributed by atoms with Gasteiger partial charge in [-0.25, -0.2) is 9.59 Å². The van der Waals surface area contributed by atoms with Crippen molar-refractivity contribution in [3.8, 4) is 11.5 Å². The van der Waals surface area contributed by atoms with Crippen LogP contribution >= 0.6 is 0 Å². The van der Waals surface area contributed by atoms with Gasteiger partial charge in [0.2, 0.25) is 5.91 Å². The monoisotopic (exact) mass is 531 g/mol. The molecule has 0 spiro atoms. The molecule has 1 aliphatic heterocycles. The normalized spacial score (nSPS) is 16.4. The molecule has 3 amide bonds. The molecular weight excluding hydrogens is 498 g/mol. The summed E-state index contributed by atoms with van der Waals surface area (Å²) in [5, 5.41) is 14.7. The molecule has 0 aliphatic carbocycles. The third-order valence-corrected chi connectivity index (χ3v) is 6.75. The van der Waals surface area contributed by atoms with Crippen LogP contribution in [0.4, 0.5) is 16.2 Å². The molecule has 2 unspecified atom stereocenters. The van der Waals surface area contributed by atoms with Crippen molar-refractivity contribution >= 4 is 29.3 Å². The number of hydrogen-bond acceptors (Lipinski definition) is 5. The number of benzene rings is 3. The van der Waals surface area contributed by atoms with Crippen LogP contribution in [-0.4, -0.2) is 54.2 Å². The Morgan fingerprint density at radius 1 is 1.00 bits per heavy atom. The van der Waals surface area contributed by atoms with Crippen LogP contribution in [0, 0.1) is 12.8 Å². The summed E-state index contributed by atoms with van der Waals surface area (Å²) in [6, 6.07) is 18.6. The van der Waals surface area contributed by atoms with Crippen LogP contribution in [0.25, 0.3) is 0 Å². The number of methoxy groups -OCH3 is 1. The number of carbonyl (C=O) groups excluding carboxylic acids is 2. The second kappa shape index (κ2) is 12.3. The van der Waals surface area contributed by atoms with E-state index in [0.717, 1.165) is 17.5 Å². The SMILES string of the molecule is COc1cc(CC(=O)N2CC(C)CC2COc2ccc(C(=O)O)cc2)ccc1NC(=O)Nc1ccccc1C. The lowest BCUT2D eigenvalue weighted by atomic mass is 10.1. The number of carbonyl (C=O) groups is 3. The van der Waals surface area contributed by atoms with Gasteiger partial charge >= 0.3 is 12.0 Å². The smallest absolute Gasteiger partial charge is 0.335 e. The highest BCUT2D eigenvalue weighted by molar-refractivity contribution is 6.01. The van der Waals surface area contributed by atoms with Crippen LogP contribution in [0.15, 0.2) is 66.7 Å². The molecule has 39 heavy (non-hydrogen) atoms. The van der Waals surface area contributed by atoms with E-state index in [1.165, 1.54) is 19.2 Å². The summed E-state index contributed by atoms with van der Waals surface area (Å²) in [4.78, 5) is 38.7. The summed E-state index contributed by atoms with van der Waals surface area (Å²) >= 11 is 0. The number of nitrogens with zero attached hydrogens (tertiary/aromatic N) is 1. The molecule has 3 aromatic carbocycles. The van der Waals surface area contributed by atoms with Crippen molar-refractivity contribution in [3.05, 3.63) is 83.4 Å². The van der Waals surface area contributed by atoms with Gasteiger partial charge in [0.15, 0.2) is 0 Å². The molecule has 0 saturated carbocycles. The quantitative estimate of drug-likeness (QED) is 0.349. The van der Waals surface area contributed by atoms with E-state index in [9.17, 15) is 14.4 Å². The predicted octanol–water partition coefficient (Wildman–Crippen LogP) is 5.20. The number of rotatable bonds is 9. The van der Waals surface area contributed by atoms with Crippen LogP contribution in [-0.2, 0) is 11.2 Å². The van der Waals surface area contributed by atoms with Crippen molar-refractivity contribution in [2.75, 3.05) is 30.9 Å². The first-order valence-corrected chi connectivity index (χ1v) is 12.8. The van der Waals surface area contributed by atoms with Gasteiger partial charge in [-0.05, 0) is 72.9 Å². The number of aromatic carboxylic acids is 1. The topological polar surface area (TPSA) is 117 Å². The number of likely N-dealkylation sites (tertiary alicyclic amines) is 1. The van der Waals surface area contributed by atoms with E-state index in [2.05, 4.69) is 17.6 Å². The van der Waals surface area contributed by atoms with E-state index in [1.807, 2.05) is 36.1 Å². The number of ether oxygens (including phenoxy) is 2. The first kappa shape index (κ1) is 27.5. The molecule has 0 radical (unpaired) electrons. The Hall–Kier alpha value is -4.53. The van der Waals surface area contributed by atoms with Crippen molar-refractivity contribution in [1.29, 1.82) is 0 Å². The van der Waals surface area contributed by atoms with Crippen molar-refractivity contribution in [2.24, 2.45) is 5.92 Å². The highest BCUT2D eigenvalue weighted by Gasteiger charge is 2.33. The lowest BCUT2D eigenvalue weighted by molar-refractivity contribution is -0.131. The highest BCUT2D eigenvalue weighted by Crippen LogP contribution is 2.29. The van der Waals surface area contributed by atoms with Crippen LogP contribution < -0.4 is 20.1 Å². The van der Waals surface area contributed by atoms with E-state index in [-0.39, 0.29) is 23.9 Å². The van der Waals surface area contributed by atoms with Gasteiger partial charge < -0.3 is 30.1 Å². The second-order valence-electron chi connectivity index (χ2n) is 9.79. The molecular formula is C30H33N3O6. The van der Waals surface area contributed by atoms with Gasteiger partial charge in [0.05, 0.1) is 30.8 Å². The van der Waals surface area contributed by atoms with Gasteiger partial charge in [-0.15, -0.1) is 0 Å². The minimum atomic E-state index is -0.992. The number of carboxylic acid groups (broad SMARTS) is 1. The molecule has 0 aromatic heterocycles. The van der Waals surface area contributed by atoms with Gasteiger partial charge in [-0.3, -0.25) is 4.79 Å². The lowest BCUT2D eigenvalue weighted by Crippen LogP contribution is -2.40. The van der Waals surface area contributed by atoms with Crippen molar-refractivity contribution in [1.82, 2.24) is 4.90 Å². The number of amides is 3. The minimum Gasteiger partial charge on any atom is -0.495 e. The van der Waals surface area contributed by atoms with Gasteiger partial charge in [-0.2, -0.15) is 0 Å². The zero-order valence-corrected chi connectivity index (χ0v) is 22.3. The minimum absolute atomic E-state index is 0.0192. The Kier molecular flexibility index (Phi) is 8.70. The summed E-state index contributed by atoms with van der Waals surface area (Å²) in [6.45, 7) is 4.98. The molecule has 0 bridgehead atoms. The fourth-order valence-corrected chi connectivity index (χ4v) is 4.71. The molecule has 3 N–H and O–H groups in total. The Morgan fingerprint density at radius 2 is 1.72 bits per heavy atom. The molecule has 1 aliphatic rings. The maximum atomic E-state index is 13.3. The summed E-state index contributed by atoms with van der Waals surface area (Å²) in [6.07, 6.45) is 1.00. The number of urea groups is 1. The maximum absolute atomic E-state index is 13.3. The lowest BCUT2D eigenvalue weighted by Gasteiger charge is -2.25. The van der Waals surface area contributed by atoms with E-state index in [0.29, 0.717) is 41.9 Å². The molecule has 3 aromatic rings. The fraction of sp³-hybridized carbons (Fsp3) is 0.300. The number of hydrogen-bond donors (Lipinski definition) is 3. The van der Waals surface area contributed by atoms with Crippen LogP contribution in [0.5, 0.6) is 11.5 Å². The standard InChI is InChI=1S/C30H33N3O6/c1-19-14-23(18-39-24-11-9-22(10-12-24)29(35)36)33(17-19)28(34)16-21-8-13-26(27(15-21)38-3)32-30(37)31-25-7-5-4-6-20(25)2/h4-13,15,19,23H,14,16-18H2,1-3H3,(H,35,36)(H2,31,32,37). The second-order valence-corrected chi connectivity index (χ2v) is 9.79. The average molecular weight is 532 g/mol. The molecule has 2 atom stereocenters. The fourth-order valence-electron chi connectivity index (χ4n) is 4.71. The van der Waals surface area contributed by atoms with Crippen molar-refractivity contribution in [2.45, 2.75) is 32.7 Å². The predicted molar refractivity (Wildman–Crippen MR) is 149 cm³/mol. The number of carboxylic acids is 1. The Morgan fingerprint density at radius 3 is 2.41 bits per heavy atom. The Bertz CT molecular complexity index is 1340. The molecule has 1 heterocycles. The molecule has 9 nitrogen and oxygen atoms in total. The number of anilines is 2. The van der Waals surface area contributed by atoms with Gasteiger partial charge in [0.1, 0.15) is 18.1 Å². The maximum Gasteiger partial charge on any atom is 0.335 e. The van der Waals surface area contributed by atoms with Crippen molar-refractivity contribution < 1.29 is 29.0 Å². The Balaban J connectivity index is 1.37. The highest BCUT2D eigenvalue weighted by atomic mass is 16.5. The molecule has 9 heteroatoms. The number of aryl methyl sites for hydroxylation is 1. The van der Waals surface area contributed by atoms with Crippen LogP contribution in [0.2, 0.25) is 0 Å². The van der Waals surface area contributed by atoms with E-state index in [1.54, 1.807) is 30.3 Å². The number of nitrogens with one attached hydrogen (secondary N) is 2. The van der Waals surface area contributed by atoms with Crippen molar-refractivity contribution in [3.63, 3.8) is 0 Å². The van der Waals surface area contributed by atoms with E-state index >= 15 is 0 Å². The molecule has 204 valence electrons. The summed E-state index contributed by atoms with van der Waals surface area (Å²) in [5.41, 5.74) is 3.12. The molecule has 4 rings (SSSR count). The first-order chi connectivity index (χ1) is 18.7. The number of para-hydroxylation sites is 1. The first-order valence-electron chi connectivity index (χ1n) is 12.8. The summed E-state index contributed by atoms with van der Waals surface area (Å²) in [7, 11) is 1.52. The third kappa shape index (κ3) is 7.07. The van der Waals surface area contributed by atoms with Gasteiger partial charge in [-0.1, -0.05) is 31.2 Å².